The lowest BCUT2D eigenvalue weighted by atomic mass is 9.74. The number of carbonyl (C=O) groups excluding carboxylic acids is 2. The fourth-order valence-corrected chi connectivity index (χ4v) is 7.48. The van der Waals surface area contributed by atoms with E-state index in [4.69, 9.17) is 42.6 Å². The summed E-state index contributed by atoms with van der Waals surface area (Å²) in [5, 5.41) is 0. The normalized spacial score (nSPS) is 19.7. The van der Waals surface area contributed by atoms with Gasteiger partial charge in [-0.2, -0.15) is 0 Å². The van der Waals surface area contributed by atoms with Crippen LogP contribution in [-0.2, 0) is 62.6 Å². The predicted octanol–water partition coefficient (Wildman–Crippen LogP) is 9.89. The second-order valence-electron chi connectivity index (χ2n) is 16.0. The minimum Gasteiger partial charge on any atom is -0.497 e. The van der Waals surface area contributed by atoms with Crippen LogP contribution in [-0.4, -0.2) is 77.2 Å². The number of carbonyl (C=O) groups is 2. The van der Waals surface area contributed by atoms with E-state index in [9.17, 15) is 9.59 Å². The zero-order valence-electron chi connectivity index (χ0n) is 37.5. The van der Waals surface area contributed by atoms with Gasteiger partial charge in [0.15, 0.2) is 6.10 Å². The monoisotopic (exact) mass is 844 g/mol. The van der Waals surface area contributed by atoms with Crippen molar-refractivity contribution in [3.05, 3.63) is 119 Å². The second kappa shape index (κ2) is 25.4. The smallest absolute Gasteiger partial charge is 0.330 e. The largest absolute Gasteiger partial charge is 0.497 e. The maximum atomic E-state index is 13.7. The second-order valence-corrected chi connectivity index (χ2v) is 16.0. The summed E-state index contributed by atoms with van der Waals surface area (Å²) in [7, 11) is 6.14. The summed E-state index contributed by atoms with van der Waals surface area (Å²) in [5.41, 5.74) is 2.58. The molecule has 0 amide bonds. The highest BCUT2D eigenvalue weighted by atomic mass is 16.7. The van der Waals surface area contributed by atoms with Crippen LogP contribution >= 0.6 is 0 Å². The molecule has 61 heavy (non-hydrogen) atoms. The number of unbranched alkanes of at least 4 members (excludes halogenated alkanes) is 4. The van der Waals surface area contributed by atoms with E-state index < -0.39 is 41.5 Å². The van der Waals surface area contributed by atoms with Gasteiger partial charge in [0, 0.05) is 31.4 Å². The third kappa shape index (κ3) is 15.1. The van der Waals surface area contributed by atoms with Crippen LogP contribution in [0.15, 0.2) is 103 Å². The summed E-state index contributed by atoms with van der Waals surface area (Å²) < 4.78 is 54.9. The molecule has 3 aromatic rings. The quantitative estimate of drug-likeness (QED) is 0.0333. The van der Waals surface area contributed by atoms with Crippen LogP contribution in [0.2, 0.25) is 0 Å². The Balaban J connectivity index is 1.66. The molecule has 5 atom stereocenters. The van der Waals surface area contributed by atoms with E-state index in [1.54, 1.807) is 21.3 Å². The van der Waals surface area contributed by atoms with Crippen LogP contribution in [0.1, 0.15) is 95.8 Å². The van der Waals surface area contributed by atoms with E-state index in [-0.39, 0.29) is 18.9 Å². The first-order valence-electron chi connectivity index (χ1n) is 21.5. The Morgan fingerprint density at radius 1 is 0.803 bits per heavy atom. The predicted molar refractivity (Wildman–Crippen MR) is 235 cm³/mol. The van der Waals surface area contributed by atoms with Crippen molar-refractivity contribution in [2.24, 2.45) is 5.41 Å². The topological polar surface area (TPSA) is 117 Å². The van der Waals surface area contributed by atoms with Gasteiger partial charge >= 0.3 is 11.9 Å². The summed E-state index contributed by atoms with van der Waals surface area (Å²) in [6.07, 6.45) is 8.48. The molecule has 3 aromatic carbocycles. The van der Waals surface area contributed by atoms with Gasteiger partial charge < -0.3 is 42.6 Å². The van der Waals surface area contributed by atoms with Crippen LogP contribution in [0.4, 0.5) is 0 Å². The van der Waals surface area contributed by atoms with Crippen molar-refractivity contribution in [1.29, 1.82) is 0 Å². The fourth-order valence-electron chi connectivity index (χ4n) is 7.48. The zero-order valence-corrected chi connectivity index (χ0v) is 37.5. The summed E-state index contributed by atoms with van der Waals surface area (Å²) in [6.45, 7) is 9.46. The molecule has 11 heteroatoms. The first-order chi connectivity index (χ1) is 29.5. The molecule has 334 valence electrons. The Hall–Kier alpha value is -4.52. The van der Waals surface area contributed by atoms with Gasteiger partial charge in [-0.05, 0) is 66.3 Å². The molecular formula is C50H68O11. The maximum absolute atomic E-state index is 13.7. The maximum Gasteiger partial charge on any atom is 0.330 e. The van der Waals surface area contributed by atoms with Crippen molar-refractivity contribution in [2.45, 2.75) is 129 Å². The van der Waals surface area contributed by atoms with Crippen LogP contribution in [0.25, 0.3) is 0 Å². The van der Waals surface area contributed by atoms with Gasteiger partial charge in [-0.15, -0.1) is 0 Å². The highest BCUT2D eigenvalue weighted by Gasteiger charge is 2.59. The van der Waals surface area contributed by atoms with Gasteiger partial charge in [-0.3, -0.25) is 4.79 Å². The van der Waals surface area contributed by atoms with E-state index in [1.165, 1.54) is 13.2 Å². The standard InChI is InChI=1S/C50H68O11/c1-9-10-11-12-16-20-46(51)60-48-41(32-47(52)55-7)31-44(61-50(48,56-8)49(3,4)29-17-30-57-34-39-21-25-42(53-5)26-22-39)33-45(37(2)58-35-38-18-14-13-15-19-38)59-36-40-23-27-43(54-6)28-24-40/h13-15,17-19,21-29,32,37,44-45,48H,9-12,16,20,30-31,33-36H2,1-8H3/t37-,44+,45?,48+,50-/m1/s1. The van der Waals surface area contributed by atoms with Gasteiger partial charge in [0.1, 0.15) is 11.5 Å². The summed E-state index contributed by atoms with van der Waals surface area (Å²) in [6, 6.07) is 25.4. The van der Waals surface area contributed by atoms with Crippen LogP contribution < -0.4 is 9.47 Å². The highest BCUT2D eigenvalue weighted by molar-refractivity contribution is 5.83. The molecule has 1 fully saturated rings. The lowest BCUT2D eigenvalue weighted by Gasteiger charge is -2.53. The van der Waals surface area contributed by atoms with Gasteiger partial charge in [0.2, 0.25) is 5.79 Å². The molecule has 1 heterocycles. The van der Waals surface area contributed by atoms with E-state index >= 15 is 0 Å². The average Bonchev–Trinajstić information content (AvgIpc) is 3.27. The molecular weight excluding hydrogens is 777 g/mol. The van der Waals surface area contributed by atoms with Crippen molar-refractivity contribution < 1.29 is 52.2 Å². The van der Waals surface area contributed by atoms with Crippen molar-refractivity contribution >= 4 is 11.9 Å². The number of methoxy groups -OCH3 is 4. The van der Waals surface area contributed by atoms with E-state index in [1.807, 2.05) is 112 Å². The SMILES string of the molecule is CCCCCCCC(=O)O[C@H]1C(=CC(=O)OC)C[C@@H](CC(OCc2ccc(OC)cc2)[C@@H](C)OCc2ccccc2)O[C@@]1(OC)C(C)(C)C=CCOCc1ccc(OC)cc1. The number of esters is 2. The van der Waals surface area contributed by atoms with Crippen LogP contribution in [0.5, 0.6) is 11.5 Å². The number of ether oxygens (including phenoxy) is 9. The molecule has 0 spiro atoms. The number of benzene rings is 3. The molecule has 11 nitrogen and oxygen atoms in total. The molecule has 1 aliphatic rings. The number of hydrogen-bond donors (Lipinski definition) is 0. The molecule has 0 aliphatic carbocycles. The molecule has 4 rings (SSSR count). The first kappa shape index (κ1) is 49.1. The van der Waals surface area contributed by atoms with E-state index in [0.29, 0.717) is 44.8 Å². The first-order valence-corrected chi connectivity index (χ1v) is 21.5. The molecule has 1 saturated heterocycles. The molecule has 0 saturated carbocycles. The van der Waals surface area contributed by atoms with E-state index in [2.05, 4.69) is 6.92 Å². The summed E-state index contributed by atoms with van der Waals surface area (Å²) in [5.74, 6) is -1.03. The van der Waals surface area contributed by atoms with Crippen LogP contribution in [0, 0.1) is 5.41 Å². The molecule has 0 aromatic heterocycles. The Morgan fingerprint density at radius 2 is 1.41 bits per heavy atom. The Morgan fingerprint density at radius 3 is 2.02 bits per heavy atom. The van der Waals surface area contributed by atoms with Crippen molar-refractivity contribution in [3.8, 4) is 11.5 Å². The molecule has 1 unspecified atom stereocenters. The lowest BCUT2D eigenvalue weighted by molar-refractivity contribution is -0.339. The molecule has 0 radical (unpaired) electrons. The third-order valence-electron chi connectivity index (χ3n) is 11.1. The highest BCUT2D eigenvalue weighted by Crippen LogP contribution is 2.49. The fraction of sp³-hybridized carbons (Fsp3) is 0.520. The lowest BCUT2D eigenvalue weighted by Crippen LogP contribution is -2.63. The number of hydrogen-bond acceptors (Lipinski definition) is 11. The van der Waals surface area contributed by atoms with Crippen molar-refractivity contribution in [1.82, 2.24) is 0 Å². The Bertz CT molecular complexity index is 1790. The minimum absolute atomic E-state index is 0.224. The van der Waals surface area contributed by atoms with Crippen molar-refractivity contribution in [3.63, 3.8) is 0 Å². The molecule has 1 aliphatic heterocycles. The number of rotatable bonds is 26. The van der Waals surface area contributed by atoms with Gasteiger partial charge in [-0.1, -0.05) is 113 Å². The summed E-state index contributed by atoms with van der Waals surface area (Å²) in [4.78, 5) is 26.8. The Labute approximate surface area is 363 Å². The zero-order chi connectivity index (χ0) is 44.1. The van der Waals surface area contributed by atoms with E-state index in [0.717, 1.165) is 53.9 Å². The van der Waals surface area contributed by atoms with Gasteiger partial charge in [-0.25, -0.2) is 4.79 Å². The molecule has 0 bridgehead atoms. The van der Waals surface area contributed by atoms with Gasteiger partial charge in [0.25, 0.3) is 0 Å². The van der Waals surface area contributed by atoms with Crippen molar-refractivity contribution in [2.75, 3.05) is 35.0 Å². The van der Waals surface area contributed by atoms with Gasteiger partial charge in [0.05, 0.1) is 66.1 Å². The third-order valence-corrected chi connectivity index (χ3v) is 11.1. The van der Waals surface area contributed by atoms with Crippen LogP contribution in [0.3, 0.4) is 0 Å². The average molecular weight is 845 g/mol. The molecule has 0 N–H and O–H groups in total. The summed E-state index contributed by atoms with van der Waals surface area (Å²) >= 11 is 0. The Kier molecular flexibility index (Phi) is 20.5. The minimum atomic E-state index is -1.59.